The van der Waals surface area contributed by atoms with E-state index in [0.29, 0.717) is 37.9 Å². The van der Waals surface area contributed by atoms with Crippen LogP contribution in [0.25, 0.3) is 10.2 Å². The molecule has 0 bridgehead atoms. The van der Waals surface area contributed by atoms with E-state index in [0.717, 1.165) is 0 Å². The maximum Gasteiger partial charge on any atom is 0.266 e. The second kappa shape index (κ2) is 6.85. The van der Waals surface area contributed by atoms with E-state index >= 15 is 0 Å². The number of methoxy groups -OCH3 is 1. The van der Waals surface area contributed by atoms with Gasteiger partial charge in [-0.2, -0.15) is 0 Å². The molecule has 0 fully saturated rings. The molecule has 0 aliphatic rings. The highest BCUT2D eigenvalue weighted by atomic mass is 35.5. The highest BCUT2D eigenvalue weighted by Gasteiger charge is 2.21. The molecule has 0 aliphatic heterocycles. The van der Waals surface area contributed by atoms with E-state index in [2.05, 4.69) is 15.3 Å². The number of rotatable bonds is 4. The minimum atomic E-state index is -0.426. The summed E-state index contributed by atoms with van der Waals surface area (Å²) in [6, 6.07) is 7.12. The second-order valence-corrected chi connectivity index (χ2v) is 7.11. The summed E-state index contributed by atoms with van der Waals surface area (Å²) in [4.78, 5) is 33.0. The summed E-state index contributed by atoms with van der Waals surface area (Å²) in [5, 5.41) is 2.80. The van der Waals surface area contributed by atoms with Gasteiger partial charge in [-0.25, -0.2) is 4.98 Å². The summed E-state index contributed by atoms with van der Waals surface area (Å²) in [5.41, 5.74) is 0.858. The number of amides is 1. The second-order valence-electron chi connectivity index (χ2n) is 5.46. The number of fused-ring (bicyclic) bond motifs is 1. The average molecular weight is 378 g/mol. The van der Waals surface area contributed by atoms with Gasteiger partial charge in [-0.15, -0.1) is 22.9 Å². The summed E-state index contributed by atoms with van der Waals surface area (Å²) in [6.07, 6.45) is 0. The minimum Gasteiger partial charge on any atom is -0.495 e. The van der Waals surface area contributed by atoms with Crippen molar-refractivity contribution in [3.8, 4) is 5.75 Å². The van der Waals surface area contributed by atoms with Crippen LogP contribution in [0.5, 0.6) is 5.75 Å². The molecule has 1 unspecified atom stereocenters. The molecular formula is C17H16ClN3O3S. The van der Waals surface area contributed by atoms with Gasteiger partial charge in [0.25, 0.3) is 11.5 Å². The molecule has 0 spiro atoms. The molecule has 2 aromatic heterocycles. The number of carbonyl (C=O) groups excluding carboxylic acids is 1. The van der Waals surface area contributed by atoms with Gasteiger partial charge >= 0.3 is 0 Å². The number of nitrogens with one attached hydrogen (secondary N) is 2. The van der Waals surface area contributed by atoms with Crippen molar-refractivity contribution in [3.63, 3.8) is 0 Å². The Bertz CT molecular complexity index is 1010. The fraction of sp³-hybridized carbons (Fsp3) is 0.235. The van der Waals surface area contributed by atoms with Crippen molar-refractivity contribution in [2.75, 3.05) is 12.4 Å². The fourth-order valence-corrected chi connectivity index (χ4v) is 3.68. The van der Waals surface area contributed by atoms with Crippen LogP contribution in [0.4, 0.5) is 5.69 Å². The standard InChI is InChI=1S/C17H16ClN3O3S/c1-8-12-15(22)20-14(9(2)18)21-17(12)25-13(8)16(23)19-10-6-4-5-7-11(10)24-3/h4-7,9H,1-3H3,(H,19,23)(H,20,21,22). The van der Waals surface area contributed by atoms with Crippen LogP contribution in [0, 0.1) is 6.92 Å². The summed E-state index contributed by atoms with van der Waals surface area (Å²) in [6.45, 7) is 3.46. The molecule has 1 atom stereocenters. The SMILES string of the molecule is COc1ccccc1NC(=O)c1sc2nc(C(C)Cl)[nH]c(=O)c2c1C. The van der Waals surface area contributed by atoms with Crippen LogP contribution < -0.4 is 15.6 Å². The van der Waals surface area contributed by atoms with Gasteiger partial charge in [0.2, 0.25) is 0 Å². The van der Waals surface area contributed by atoms with E-state index in [-0.39, 0.29) is 11.5 Å². The molecule has 8 heteroatoms. The number of alkyl halides is 1. The van der Waals surface area contributed by atoms with Crippen molar-refractivity contribution < 1.29 is 9.53 Å². The number of ether oxygens (including phenoxy) is 1. The molecule has 0 radical (unpaired) electrons. The summed E-state index contributed by atoms with van der Waals surface area (Å²) < 4.78 is 5.24. The Hall–Kier alpha value is -2.38. The number of hydrogen-bond acceptors (Lipinski definition) is 5. The van der Waals surface area contributed by atoms with E-state index in [1.54, 1.807) is 32.0 Å². The van der Waals surface area contributed by atoms with Crippen LogP contribution in [-0.2, 0) is 0 Å². The molecule has 1 amide bonds. The Labute approximate surface area is 152 Å². The molecule has 2 N–H and O–H groups in total. The van der Waals surface area contributed by atoms with Crippen LogP contribution in [0.3, 0.4) is 0 Å². The molecule has 0 saturated heterocycles. The normalized spacial score (nSPS) is 12.2. The predicted octanol–water partition coefficient (Wildman–Crippen LogP) is 3.85. The number of halogens is 1. The fourth-order valence-electron chi connectivity index (χ4n) is 2.49. The third-order valence-electron chi connectivity index (χ3n) is 3.76. The number of nitrogens with zero attached hydrogens (tertiary/aromatic N) is 1. The summed E-state index contributed by atoms with van der Waals surface area (Å²) >= 11 is 7.17. The lowest BCUT2D eigenvalue weighted by Crippen LogP contribution is -2.14. The molecule has 3 rings (SSSR count). The number of carbonyl (C=O) groups is 1. The number of para-hydroxylation sites is 2. The van der Waals surface area contributed by atoms with E-state index in [9.17, 15) is 9.59 Å². The lowest BCUT2D eigenvalue weighted by Gasteiger charge is -2.09. The quantitative estimate of drug-likeness (QED) is 0.676. The summed E-state index contributed by atoms with van der Waals surface area (Å²) in [5.74, 6) is 0.630. The van der Waals surface area contributed by atoms with Gasteiger partial charge in [-0.05, 0) is 31.5 Å². The van der Waals surface area contributed by atoms with Crippen molar-refractivity contribution >= 4 is 44.7 Å². The van der Waals surface area contributed by atoms with Crippen molar-refractivity contribution in [1.29, 1.82) is 0 Å². The maximum atomic E-state index is 12.7. The number of aromatic amines is 1. The smallest absolute Gasteiger partial charge is 0.266 e. The first-order valence-electron chi connectivity index (χ1n) is 7.54. The Morgan fingerprint density at radius 1 is 1.40 bits per heavy atom. The molecule has 2 heterocycles. The Morgan fingerprint density at radius 3 is 2.80 bits per heavy atom. The molecular weight excluding hydrogens is 362 g/mol. The first-order chi connectivity index (χ1) is 11.9. The van der Waals surface area contributed by atoms with Gasteiger partial charge in [0.15, 0.2) is 0 Å². The number of anilines is 1. The number of thiophene rings is 1. The monoisotopic (exact) mass is 377 g/mol. The zero-order chi connectivity index (χ0) is 18.1. The third kappa shape index (κ3) is 3.25. The van der Waals surface area contributed by atoms with E-state index in [1.807, 2.05) is 6.07 Å². The van der Waals surface area contributed by atoms with E-state index in [1.165, 1.54) is 18.4 Å². The van der Waals surface area contributed by atoms with Gasteiger partial charge in [-0.1, -0.05) is 12.1 Å². The van der Waals surface area contributed by atoms with Crippen LogP contribution in [0.1, 0.15) is 33.4 Å². The zero-order valence-electron chi connectivity index (χ0n) is 13.8. The zero-order valence-corrected chi connectivity index (χ0v) is 15.4. The van der Waals surface area contributed by atoms with Crippen LogP contribution in [-0.4, -0.2) is 23.0 Å². The van der Waals surface area contributed by atoms with Crippen molar-refractivity contribution in [2.24, 2.45) is 0 Å². The van der Waals surface area contributed by atoms with E-state index < -0.39 is 5.38 Å². The number of benzene rings is 1. The number of aryl methyl sites for hydroxylation is 1. The van der Waals surface area contributed by atoms with E-state index in [4.69, 9.17) is 16.3 Å². The summed E-state index contributed by atoms with van der Waals surface area (Å²) in [7, 11) is 1.54. The predicted molar refractivity (Wildman–Crippen MR) is 100 cm³/mol. The first kappa shape index (κ1) is 17.4. The molecule has 6 nitrogen and oxygen atoms in total. The van der Waals surface area contributed by atoms with Gasteiger partial charge in [0.1, 0.15) is 16.4 Å². The molecule has 3 aromatic rings. The molecule has 0 saturated carbocycles. The number of hydrogen-bond donors (Lipinski definition) is 2. The molecule has 25 heavy (non-hydrogen) atoms. The van der Waals surface area contributed by atoms with Gasteiger partial charge in [0.05, 0.1) is 28.4 Å². The lowest BCUT2D eigenvalue weighted by atomic mass is 10.2. The highest BCUT2D eigenvalue weighted by molar-refractivity contribution is 7.20. The Kier molecular flexibility index (Phi) is 4.78. The van der Waals surface area contributed by atoms with Gasteiger partial charge in [0, 0.05) is 0 Å². The average Bonchev–Trinajstić information content (AvgIpc) is 2.92. The molecule has 130 valence electrons. The maximum absolute atomic E-state index is 12.7. The number of aromatic nitrogens is 2. The Balaban J connectivity index is 2.04. The van der Waals surface area contributed by atoms with Crippen LogP contribution in [0.15, 0.2) is 29.1 Å². The minimum absolute atomic E-state index is 0.294. The van der Waals surface area contributed by atoms with Crippen LogP contribution in [0.2, 0.25) is 0 Å². The third-order valence-corrected chi connectivity index (χ3v) is 5.15. The highest BCUT2D eigenvalue weighted by Crippen LogP contribution is 2.30. The molecule has 0 aliphatic carbocycles. The Morgan fingerprint density at radius 2 is 2.12 bits per heavy atom. The van der Waals surface area contributed by atoms with Gasteiger partial charge < -0.3 is 15.0 Å². The van der Waals surface area contributed by atoms with Crippen molar-refractivity contribution in [2.45, 2.75) is 19.2 Å². The lowest BCUT2D eigenvalue weighted by molar-refractivity contribution is 0.102. The number of H-pyrrole nitrogens is 1. The largest absolute Gasteiger partial charge is 0.495 e. The van der Waals surface area contributed by atoms with Gasteiger partial charge in [-0.3, -0.25) is 9.59 Å². The first-order valence-corrected chi connectivity index (χ1v) is 8.79. The van der Waals surface area contributed by atoms with Crippen LogP contribution >= 0.6 is 22.9 Å². The van der Waals surface area contributed by atoms with Crippen molar-refractivity contribution in [3.05, 3.63) is 50.9 Å². The topological polar surface area (TPSA) is 84.1 Å². The van der Waals surface area contributed by atoms with Crippen molar-refractivity contribution in [1.82, 2.24) is 9.97 Å². The molecule has 1 aromatic carbocycles.